The zero-order valence-electron chi connectivity index (χ0n) is 17.2. The maximum atomic E-state index is 13.5. The molecule has 2 aliphatic rings. The van der Waals surface area contributed by atoms with E-state index in [1.54, 1.807) is 29.4 Å². The van der Waals surface area contributed by atoms with Crippen molar-refractivity contribution in [2.24, 2.45) is 0 Å². The third-order valence-electron chi connectivity index (χ3n) is 6.27. The highest BCUT2D eigenvalue weighted by Gasteiger charge is 2.45. The highest BCUT2D eigenvalue weighted by atomic mass is 19.3. The quantitative estimate of drug-likeness (QED) is 0.730. The standard InChI is InChI=1S/C23H25F2N3O3/c24-22(25)31-19-8-2-1-7-18(19)20(29)27-12-14-28(15-13-27)21(30)23(9-3-4-10-23)17-6-5-11-26-16-17/h1-2,5-8,11,16,22H,3-4,9-10,12-15H2. The average Bonchev–Trinajstić information content (AvgIpc) is 3.30. The van der Waals surface area contributed by atoms with Crippen LogP contribution in [0.15, 0.2) is 48.8 Å². The molecule has 0 radical (unpaired) electrons. The monoisotopic (exact) mass is 429 g/mol. The van der Waals surface area contributed by atoms with Gasteiger partial charge >= 0.3 is 6.61 Å². The van der Waals surface area contributed by atoms with Crippen molar-refractivity contribution in [3.63, 3.8) is 0 Å². The Kier molecular flexibility index (Phi) is 6.15. The fraction of sp³-hybridized carbons (Fsp3) is 0.435. The molecule has 164 valence electrons. The summed E-state index contributed by atoms with van der Waals surface area (Å²) < 4.78 is 29.8. The Labute approximate surface area is 179 Å². The van der Waals surface area contributed by atoms with Crippen molar-refractivity contribution >= 4 is 11.8 Å². The lowest BCUT2D eigenvalue weighted by Gasteiger charge is -2.40. The van der Waals surface area contributed by atoms with Gasteiger partial charge in [-0.2, -0.15) is 8.78 Å². The first kappa shape index (κ1) is 21.2. The third kappa shape index (κ3) is 4.24. The molecule has 0 unspecified atom stereocenters. The van der Waals surface area contributed by atoms with Gasteiger partial charge in [-0.05, 0) is 36.6 Å². The summed E-state index contributed by atoms with van der Waals surface area (Å²) in [5.41, 5.74) is 0.511. The molecule has 4 rings (SSSR count). The minimum atomic E-state index is -3.00. The van der Waals surface area contributed by atoms with E-state index in [1.807, 2.05) is 17.0 Å². The van der Waals surface area contributed by atoms with E-state index >= 15 is 0 Å². The number of ether oxygens (including phenoxy) is 1. The van der Waals surface area contributed by atoms with E-state index in [0.717, 1.165) is 31.2 Å². The maximum Gasteiger partial charge on any atom is 0.387 e. The predicted octanol–water partition coefficient (Wildman–Crippen LogP) is 3.48. The predicted molar refractivity (Wildman–Crippen MR) is 110 cm³/mol. The smallest absolute Gasteiger partial charge is 0.387 e. The Morgan fingerprint density at radius 2 is 1.65 bits per heavy atom. The van der Waals surface area contributed by atoms with Crippen molar-refractivity contribution in [3.8, 4) is 5.75 Å². The summed E-state index contributed by atoms with van der Waals surface area (Å²) in [4.78, 5) is 34.1. The van der Waals surface area contributed by atoms with Crippen LogP contribution in [0.25, 0.3) is 0 Å². The Balaban J connectivity index is 1.45. The summed E-state index contributed by atoms with van der Waals surface area (Å²) in [5.74, 6) is -0.416. The van der Waals surface area contributed by atoms with Crippen molar-refractivity contribution in [1.29, 1.82) is 0 Å². The van der Waals surface area contributed by atoms with Crippen LogP contribution in [-0.4, -0.2) is 59.4 Å². The van der Waals surface area contributed by atoms with Crippen LogP contribution in [0.5, 0.6) is 5.75 Å². The van der Waals surface area contributed by atoms with Crippen LogP contribution in [0.3, 0.4) is 0 Å². The molecule has 0 bridgehead atoms. The van der Waals surface area contributed by atoms with Gasteiger partial charge in [0.1, 0.15) is 5.75 Å². The van der Waals surface area contributed by atoms with Gasteiger partial charge in [0.15, 0.2) is 0 Å². The largest absolute Gasteiger partial charge is 0.434 e. The number of carbonyl (C=O) groups is 2. The lowest BCUT2D eigenvalue weighted by Crippen LogP contribution is -2.55. The summed E-state index contributed by atoms with van der Waals surface area (Å²) in [6, 6.07) is 9.83. The number of amides is 2. The first-order valence-corrected chi connectivity index (χ1v) is 10.5. The summed E-state index contributed by atoms with van der Waals surface area (Å²) in [6.45, 7) is -1.50. The molecule has 1 aromatic heterocycles. The molecule has 0 atom stereocenters. The van der Waals surface area contributed by atoms with Crippen LogP contribution >= 0.6 is 0 Å². The third-order valence-corrected chi connectivity index (χ3v) is 6.27. The van der Waals surface area contributed by atoms with Gasteiger partial charge in [-0.1, -0.05) is 31.0 Å². The SMILES string of the molecule is O=C(c1ccccc1OC(F)F)N1CCN(C(=O)C2(c3cccnc3)CCCC2)CC1. The minimum Gasteiger partial charge on any atom is -0.434 e. The fourth-order valence-electron chi connectivity index (χ4n) is 4.68. The second-order valence-electron chi connectivity index (χ2n) is 7.99. The molecule has 6 nitrogen and oxygen atoms in total. The van der Waals surface area contributed by atoms with E-state index in [9.17, 15) is 18.4 Å². The normalized spacial score (nSPS) is 18.3. The van der Waals surface area contributed by atoms with Gasteiger partial charge in [-0.25, -0.2) is 0 Å². The Bertz CT molecular complexity index is 925. The lowest BCUT2D eigenvalue weighted by atomic mass is 9.78. The molecule has 1 saturated carbocycles. The molecule has 2 aromatic rings. The summed E-state index contributed by atoms with van der Waals surface area (Å²) in [5, 5.41) is 0. The van der Waals surface area contributed by atoms with E-state index in [1.165, 1.54) is 12.1 Å². The summed E-state index contributed by atoms with van der Waals surface area (Å²) >= 11 is 0. The van der Waals surface area contributed by atoms with Gasteiger partial charge in [0.05, 0.1) is 11.0 Å². The van der Waals surface area contributed by atoms with Crippen LogP contribution in [0.2, 0.25) is 0 Å². The zero-order valence-corrected chi connectivity index (χ0v) is 17.2. The number of hydrogen-bond donors (Lipinski definition) is 0. The van der Waals surface area contributed by atoms with Gasteiger partial charge in [0.2, 0.25) is 5.91 Å². The maximum absolute atomic E-state index is 13.5. The fourth-order valence-corrected chi connectivity index (χ4v) is 4.68. The molecule has 2 fully saturated rings. The highest BCUT2D eigenvalue weighted by molar-refractivity contribution is 5.97. The molecule has 1 aliphatic carbocycles. The Morgan fingerprint density at radius 1 is 0.968 bits per heavy atom. The Morgan fingerprint density at radius 3 is 2.29 bits per heavy atom. The summed E-state index contributed by atoms with van der Waals surface area (Å²) in [7, 11) is 0. The van der Waals surface area contributed by atoms with Gasteiger partial charge < -0.3 is 14.5 Å². The first-order valence-electron chi connectivity index (χ1n) is 10.5. The number of pyridine rings is 1. The van der Waals surface area contributed by atoms with Crippen LogP contribution in [-0.2, 0) is 10.2 Å². The summed E-state index contributed by atoms with van der Waals surface area (Å²) in [6.07, 6.45) is 7.09. The number of benzene rings is 1. The number of piperazine rings is 1. The number of alkyl halides is 2. The topological polar surface area (TPSA) is 62.7 Å². The number of para-hydroxylation sites is 1. The van der Waals surface area contributed by atoms with Crippen molar-refractivity contribution in [3.05, 3.63) is 59.9 Å². The Hall–Kier alpha value is -3.03. The van der Waals surface area contributed by atoms with Gasteiger partial charge in [0, 0.05) is 38.6 Å². The van der Waals surface area contributed by atoms with E-state index in [4.69, 9.17) is 0 Å². The molecule has 0 N–H and O–H groups in total. The van der Waals surface area contributed by atoms with Crippen molar-refractivity contribution in [1.82, 2.24) is 14.8 Å². The number of nitrogens with zero attached hydrogens (tertiary/aromatic N) is 3. The van der Waals surface area contributed by atoms with Gasteiger partial charge in [-0.15, -0.1) is 0 Å². The van der Waals surface area contributed by atoms with Crippen LogP contribution in [0, 0.1) is 0 Å². The molecule has 2 amide bonds. The highest BCUT2D eigenvalue weighted by Crippen LogP contribution is 2.42. The number of carbonyl (C=O) groups excluding carboxylic acids is 2. The van der Waals surface area contributed by atoms with Crippen molar-refractivity contribution in [2.75, 3.05) is 26.2 Å². The molecular weight excluding hydrogens is 404 g/mol. The number of halogens is 2. The van der Waals surface area contributed by atoms with E-state index in [0.29, 0.717) is 26.2 Å². The molecule has 31 heavy (non-hydrogen) atoms. The van der Waals surface area contributed by atoms with Crippen LogP contribution in [0.4, 0.5) is 8.78 Å². The second-order valence-corrected chi connectivity index (χ2v) is 7.99. The van der Waals surface area contributed by atoms with Crippen molar-refractivity contribution < 1.29 is 23.1 Å². The number of hydrogen-bond acceptors (Lipinski definition) is 4. The van der Waals surface area contributed by atoms with Gasteiger partial charge in [-0.3, -0.25) is 14.6 Å². The van der Waals surface area contributed by atoms with E-state index in [2.05, 4.69) is 9.72 Å². The van der Waals surface area contributed by atoms with Crippen LogP contribution in [0.1, 0.15) is 41.6 Å². The molecular formula is C23H25F2N3O3. The van der Waals surface area contributed by atoms with E-state index in [-0.39, 0.29) is 23.1 Å². The van der Waals surface area contributed by atoms with E-state index < -0.39 is 12.0 Å². The molecule has 1 aliphatic heterocycles. The minimum absolute atomic E-state index is 0.0894. The zero-order chi connectivity index (χ0) is 21.8. The number of aromatic nitrogens is 1. The molecule has 0 spiro atoms. The van der Waals surface area contributed by atoms with Crippen LogP contribution < -0.4 is 4.74 Å². The second kappa shape index (κ2) is 8.99. The number of rotatable bonds is 5. The molecule has 2 heterocycles. The lowest BCUT2D eigenvalue weighted by molar-refractivity contribution is -0.138. The molecule has 1 saturated heterocycles. The van der Waals surface area contributed by atoms with Gasteiger partial charge in [0.25, 0.3) is 5.91 Å². The average molecular weight is 429 g/mol. The molecule has 1 aromatic carbocycles. The van der Waals surface area contributed by atoms with Crippen molar-refractivity contribution in [2.45, 2.75) is 37.7 Å². The first-order chi connectivity index (χ1) is 15.0. The molecule has 8 heteroatoms.